The summed E-state index contributed by atoms with van der Waals surface area (Å²) in [7, 11) is 0. The first-order chi connectivity index (χ1) is 12.5. The minimum atomic E-state index is -0.436. The van der Waals surface area contributed by atoms with Crippen LogP contribution in [0.25, 0.3) is 23.0 Å². The van der Waals surface area contributed by atoms with Crippen LogP contribution < -0.4 is 0 Å². The third-order valence-electron chi connectivity index (χ3n) is 3.89. The fourth-order valence-corrected chi connectivity index (χ4v) is 2.78. The first-order valence-corrected chi connectivity index (χ1v) is 8.50. The van der Waals surface area contributed by atoms with Gasteiger partial charge in [-0.05, 0) is 48.4 Å². The van der Waals surface area contributed by atoms with Crippen LogP contribution in [0.2, 0.25) is 0 Å². The molecule has 0 radical (unpaired) electrons. The van der Waals surface area contributed by atoms with E-state index >= 15 is 0 Å². The van der Waals surface area contributed by atoms with Crippen molar-refractivity contribution < 1.29 is 9.34 Å². The minimum Gasteiger partial charge on any atom is -0.457 e. The smallest absolute Gasteiger partial charge is 0.270 e. The zero-order valence-electron chi connectivity index (χ0n) is 13.8. The van der Waals surface area contributed by atoms with Gasteiger partial charge in [0.05, 0.1) is 16.6 Å². The third kappa shape index (κ3) is 3.73. The van der Waals surface area contributed by atoms with Crippen molar-refractivity contribution in [3.05, 3.63) is 86.1 Å². The zero-order chi connectivity index (χ0) is 18.7. The molecule has 0 spiro atoms. The number of halogens is 1. The van der Waals surface area contributed by atoms with Crippen LogP contribution in [0.4, 0.5) is 5.69 Å². The quantitative estimate of drug-likeness (QED) is 0.301. The molecule has 6 heteroatoms. The summed E-state index contributed by atoms with van der Waals surface area (Å²) in [5.41, 5.74) is 2.77. The number of nitro benzene ring substituents is 1. The van der Waals surface area contributed by atoms with Gasteiger partial charge in [-0.25, -0.2) is 0 Å². The molecular weight excluding hydrogens is 396 g/mol. The molecule has 5 nitrogen and oxygen atoms in total. The van der Waals surface area contributed by atoms with Crippen molar-refractivity contribution >= 4 is 33.3 Å². The minimum absolute atomic E-state index is 0.00617. The Kier molecular flexibility index (Phi) is 5.01. The van der Waals surface area contributed by atoms with Crippen molar-refractivity contribution in [3.63, 3.8) is 0 Å². The molecule has 0 aliphatic heterocycles. The summed E-state index contributed by atoms with van der Waals surface area (Å²) in [5.74, 6) is 1.02. The molecule has 128 valence electrons. The Hall–Kier alpha value is -3.17. The Morgan fingerprint density at radius 2 is 1.92 bits per heavy atom. The van der Waals surface area contributed by atoms with Gasteiger partial charge in [-0.15, -0.1) is 0 Å². The Morgan fingerprint density at radius 3 is 2.58 bits per heavy atom. The lowest BCUT2D eigenvalue weighted by molar-refractivity contribution is -0.384. The molecule has 0 saturated carbocycles. The molecule has 0 amide bonds. The standard InChI is InChI=1S/C20H13BrN2O3/c1-13-2-7-17(23(24)25)11-19(13)20-9-8-18(26-20)10-15(12-22)14-3-5-16(21)6-4-14/h2-11H,1H3/b15-10-. The van der Waals surface area contributed by atoms with Crippen LogP contribution >= 0.6 is 15.9 Å². The lowest BCUT2D eigenvalue weighted by Gasteiger charge is -2.02. The van der Waals surface area contributed by atoms with E-state index in [1.165, 1.54) is 12.1 Å². The number of aryl methyl sites for hydroxylation is 1. The fourth-order valence-electron chi connectivity index (χ4n) is 2.52. The second-order valence-electron chi connectivity index (χ2n) is 5.64. The van der Waals surface area contributed by atoms with Crippen molar-refractivity contribution in [2.45, 2.75) is 6.92 Å². The number of nitrogens with zero attached hydrogens (tertiary/aromatic N) is 2. The van der Waals surface area contributed by atoms with Gasteiger partial charge in [0.15, 0.2) is 0 Å². The lowest BCUT2D eigenvalue weighted by atomic mass is 10.1. The Labute approximate surface area is 158 Å². The van der Waals surface area contributed by atoms with E-state index in [2.05, 4.69) is 22.0 Å². The summed E-state index contributed by atoms with van der Waals surface area (Å²) in [6.07, 6.45) is 1.65. The Bertz CT molecular complexity index is 1040. The van der Waals surface area contributed by atoms with Crippen LogP contribution in [-0.2, 0) is 0 Å². The molecule has 1 heterocycles. The second-order valence-corrected chi connectivity index (χ2v) is 6.55. The van der Waals surface area contributed by atoms with E-state index in [1.54, 1.807) is 24.3 Å². The van der Waals surface area contributed by atoms with Crippen LogP contribution in [-0.4, -0.2) is 4.92 Å². The molecular formula is C20H13BrN2O3. The van der Waals surface area contributed by atoms with Crippen molar-refractivity contribution in [1.29, 1.82) is 5.26 Å². The van der Waals surface area contributed by atoms with Gasteiger partial charge in [0.1, 0.15) is 11.5 Å². The summed E-state index contributed by atoms with van der Waals surface area (Å²) < 4.78 is 6.73. The molecule has 0 atom stereocenters. The molecule has 1 aromatic heterocycles. The Morgan fingerprint density at radius 1 is 1.19 bits per heavy atom. The van der Waals surface area contributed by atoms with Gasteiger partial charge in [0, 0.05) is 22.2 Å². The molecule has 0 fully saturated rings. The number of nitro groups is 1. The zero-order valence-corrected chi connectivity index (χ0v) is 15.4. The van der Waals surface area contributed by atoms with Gasteiger partial charge in [-0.3, -0.25) is 10.1 Å². The van der Waals surface area contributed by atoms with Crippen LogP contribution in [0, 0.1) is 28.4 Å². The van der Waals surface area contributed by atoms with Gasteiger partial charge in [-0.1, -0.05) is 34.1 Å². The summed E-state index contributed by atoms with van der Waals surface area (Å²) in [6.45, 7) is 1.86. The largest absolute Gasteiger partial charge is 0.457 e. The lowest BCUT2D eigenvalue weighted by Crippen LogP contribution is -1.89. The number of non-ortho nitro benzene ring substituents is 1. The average Bonchev–Trinajstić information content (AvgIpc) is 3.09. The van der Waals surface area contributed by atoms with Gasteiger partial charge in [0.2, 0.25) is 0 Å². The molecule has 0 N–H and O–H groups in total. The van der Waals surface area contributed by atoms with E-state index < -0.39 is 4.92 Å². The number of furan rings is 1. The first-order valence-electron chi connectivity index (χ1n) is 7.71. The average molecular weight is 409 g/mol. The maximum atomic E-state index is 11.0. The topological polar surface area (TPSA) is 80.1 Å². The van der Waals surface area contributed by atoms with Crippen LogP contribution in [0.5, 0.6) is 0 Å². The summed E-state index contributed by atoms with van der Waals surface area (Å²) in [5, 5.41) is 20.4. The van der Waals surface area contributed by atoms with Gasteiger partial charge in [-0.2, -0.15) is 5.26 Å². The molecule has 3 aromatic rings. The predicted octanol–water partition coefficient (Wildman–Crippen LogP) is 5.99. The maximum Gasteiger partial charge on any atom is 0.270 e. The second kappa shape index (κ2) is 7.38. The third-order valence-corrected chi connectivity index (χ3v) is 4.42. The highest BCUT2D eigenvalue weighted by molar-refractivity contribution is 9.10. The number of hydrogen-bond donors (Lipinski definition) is 0. The number of allylic oxidation sites excluding steroid dienone is 1. The predicted molar refractivity (Wildman–Crippen MR) is 103 cm³/mol. The highest BCUT2D eigenvalue weighted by atomic mass is 79.9. The van der Waals surface area contributed by atoms with E-state index in [9.17, 15) is 15.4 Å². The van der Waals surface area contributed by atoms with Crippen molar-refractivity contribution in [2.24, 2.45) is 0 Å². The highest BCUT2D eigenvalue weighted by Crippen LogP contribution is 2.30. The number of rotatable bonds is 4. The Balaban J connectivity index is 1.97. The maximum absolute atomic E-state index is 11.0. The highest BCUT2D eigenvalue weighted by Gasteiger charge is 2.13. The van der Waals surface area contributed by atoms with Crippen molar-refractivity contribution in [1.82, 2.24) is 0 Å². The summed E-state index contributed by atoms with van der Waals surface area (Å²) >= 11 is 3.37. The fraction of sp³-hybridized carbons (Fsp3) is 0.0500. The molecule has 2 aromatic carbocycles. The number of hydrogen-bond acceptors (Lipinski definition) is 4. The van der Waals surface area contributed by atoms with Crippen molar-refractivity contribution in [3.8, 4) is 17.4 Å². The van der Waals surface area contributed by atoms with E-state index in [4.69, 9.17) is 4.42 Å². The molecule has 0 unspecified atom stereocenters. The van der Waals surface area contributed by atoms with Gasteiger partial charge in [0.25, 0.3) is 5.69 Å². The summed E-state index contributed by atoms with van der Waals surface area (Å²) in [4.78, 5) is 10.6. The SMILES string of the molecule is Cc1ccc([N+](=O)[O-])cc1-c1ccc(/C=C(/C#N)c2ccc(Br)cc2)o1. The first kappa shape index (κ1) is 17.6. The number of nitriles is 1. The van der Waals surface area contributed by atoms with Gasteiger partial charge >= 0.3 is 0 Å². The van der Waals surface area contributed by atoms with E-state index in [0.29, 0.717) is 22.7 Å². The normalized spacial score (nSPS) is 11.2. The van der Waals surface area contributed by atoms with E-state index in [-0.39, 0.29) is 5.69 Å². The number of benzene rings is 2. The molecule has 0 aliphatic carbocycles. The van der Waals surface area contributed by atoms with Crippen LogP contribution in [0.3, 0.4) is 0 Å². The molecule has 0 saturated heterocycles. The van der Waals surface area contributed by atoms with Crippen LogP contribution in [0.1, 0.15) is 16.9 Å². The van der Waals surface area contributed by atoms with Crippen LogP contribution in [0.15, 0.2) is 63.5 Å². The molecule has 0 bridgehead atoms. The molecule has 3 rings (SSSR count). The molecule has 26 heavy (non-hydrogen) atoms. The van der Waals surface area contributed by atoms with E-state index in [1.807, 2.05) is 31.2 Å². The summed E-state index contributed by atoms with van der Waals surface area (Å²) in [6, 6.07) is 17.7. The molecule has 0 aliphatic rings. The van der Waals surface area contributed by atoms with E-state index in [0.717, 1.165) is 15.6 Å². The van der Waals surface area contributed by atoms with Gasteiger partial charge < -0.3 is 4.42 Å². The monoisotopic (exact) mass is 408 g/mol. The van der Waals surface area contributed by atoms with Crippen molar-refractivity contribution in [2.75, 3.05) is 0 Å².